The van der Waals surface area contributed by atoms with Crippen LogP contribution in [0.25, 0.3) is 0 Å². The molecule has 3 N–H and O–H groups in total. The molecule has 1 fully saturated rings. The van der Waals surface area contributed by atoms with Gasteiger partial charge in [0.25, 0.3) is 0 Å². The molecule has 2 aromatic heterocycles. The third kappa shape index (κ3) is 4.58. The summed E-state index contributed by atoms with van der Waals surface area (Å²) >= 11 is 0. The Kier molecular flexibility index (Phi) is 5.54. The maximum absolute atomic E-state index is 9.77. The molecule has 1 atom stereocenters. The second-order valence-corrected chi connectivity index (χ2v) is 8.83. The van der Waals surface area contributed by atoms with Gasteiger partial charge in [-0.1, -0.05) is 13.8 Å². The lowest BCUT2D eigenvalue weighted by Crippen LogP contribution is -2.38. The van der Waals surface area contributed by atoms with Crippen molar-refractivity contribution in [2.75, 3.05) is 35.2 Å². The Morgan fingerprint density at radius 3 is 2.76 bits per heavy atom. The molecule has 29 heavy (non-hydrogen) atoms. The molecule has 3 heterocycles. The van der Waals surface area contributed by atoms with Crippen molar-refractivity contribution in [2.24, 2.45) is 5.41 Å². The highest BCUT2D eigenvalue weighted by Gasteiger charge is 2.34. The first-order valence-corrected chi connectivity index (χ1v) is 10.6. The number of aromatic nitrogens is 4. The zero-order valence-electron chi connectivity index (χ0n) is 17.5. The van der Waals surface area contributed by atoms with Gasteiger partial charge in [-0.05, 0) is 44.1 Å². The Morgan fingerprint density at radius 1 is 1.21 bits per heavy atom. The highest BCUT2D eigenvalue weighted by Crippen LogP contribution is 2.41. The van der Waals surface area contributed by atoms with Crippen LogP contribution in [0.15, 0.2) is 18.5 Å². The summed E-state index contributed by atoms with van der Waals surface area (Å²) in [5.41, 5.74) is 2.34. The van der Waals surface area contributed by atoms with E-state index in [4.69, 9.17) is 4.98 Å². The van der Waals surface area contributed by atoms with Gasteiger partial charge in [0.15, 0.2) is 0 Å². The van der Waals surface area contributed by atoms with Gasteiger partial charge in [0.2, 0.25) is 11.9 Å². The van der Waals surface area contributed by atoms with Crippen LogP contribution in [0.4, 0.5) is 17.7 Å². The van der Waals surface area contributed by atoms with Gasteiger partial charge in [0.05, 0.1) is 17.8 Å². The molecule has 8 nitrogen and oxygen atoms in total. The minimum absolute atomic E-state index is 0.0721. The normalized spacial score (nSPS) is 21.5. The maximum atomic E-state index is 9.77. The van der Waals surface area contributed by atoms with E-state index >= 15 is 0 Å². The topological polar surface area (TPSA) is 99.1 Å². The Labute approximate surface area is 172 Å². The lowest BCUT2D eigenvalue weighted by Gasteiger charge is -2.37. The standard InChI is InChI=1S/C21H31N7O/c1-4-22-18-5-8-23-19(27-18)25-16-11-21(2,3)12-17-15(16)13-24-20(26-17)28-9-6-14(29)7-10-28/h5,8,13-14,16,29H,4,6-7,9-12H2,1-3H3,(H2,22,23,25,27). The fourth-order valence-corrected chi connectivity index (χ4v) is 4.25. The summed E-state index contributed by atoms with van der Waals surface area (Å²) in [6.07, 6.45) is 6.97. The van der Waals surface area contributed by atoms with Gasteiger partial charge in [0, 0.05) is 37.6 Å². The van der Waals surface area contributed by atoms with Crippen molar-refractivity contribution < 1.29 is 5.11 Å². The SMILES string of the molecule is CCNc1ccnc(NC2CC(C)(C)Cc3nc(N4CCC(O)CC4)ncc32)n1. The molecule has 0 amide bonds. The van der Waals surface area contributed by atoms with E-state index in [1.165, 1.54) is 0 Å². The summed E-state index contributed by atoms with van der Waals surface area (Å²) in [5.74, 6) is 2.21. The first-order valence-electron chi connectivity index (χ1n) is 10.6. The number of nitrogens with one attached hydrogen (secondary N) is 2. The number of anilines is 3. The van der Waals surface area contributed by atoms with Crippen molar-refractivity contribution in [1.29, 1.82) is 0 Å². The number of fused-ring (bicyclic) bond motifs is 1. The van der Waals surface area contributed by atoms with Crippen LogP contribution < -0.4 is 15.5 Å². The third-order valence-electron chi connectivity index (χ3n) is 5.73. The molecule has 4 rings (SSSR count). The summed E-state index contributed by atoms with van der Waals surface area (Å²) in [4.78, 5) is 20.8. The molecule has 0 spiro atoms. The zero-order valence-corrected chi connectivity index (χ0v) is 17.5. The van der Waals surface area contributed by atoms with Crippen molar-refractivity contribution in [1.82, 2.24) is 19.9 Å². The smallest absolute Gasteiger partial charge is 0.225 e. The molecule has 1 saturated heterocycles. The molecule has 1 aliphatic heterocycles. The molecule has 0 aromatic carbocycles. The van der Waals surface area contributed by atoms with E-state index in [-0.39, 0.29) is 17.6 Å². The van der Waals surface area contributed by atoms with Gasteiger partial charge < -0.3 is 20.6 Å². The van der Waals surface area contributed by atoms with Crippen LogP contribution in [-0.4, -0.2) is 50.8 Å². The molecule has 0 radical (unpaired) electrons. The van der Waals surface area contributed by atoms with Crippen molar-refractivity contribution in [2.45, 2.75) is 58.6 Å². The van der Waals surface area contributed by atoms with Gasteiger partial charge in [-0.3, -0.25) is 0 Å². The van der Waals surface area contributed by atoms with Gasteiger partial charge in [-0.25, -0.2) is 15.0 Å². The van der Waals surface area contributed by atoms with E-state index in [1.54, 1.807) is 6.20 Å². The highest BCUT2D eigenvalue weighted by molar-refractivity contribution is 5.43. The van der Waals surface area contributed by atoms with Crippen LogP contribution in [0.5, 0.6) is 0 Å². The number of hydrogen-bond acceptors (Lipinski definition) is 8. The number of aliphatic hydroxyl groups is 1. The fraction of sp³-hybridized carbons (Fsp3) is 0.619. The van der Waals surface area contributed by atoms with Gasteiger partial charge in [0.1, 0.15) is 5.82 Å². The molecule has 2 aliphatic rings. The molecule has 0 bridgehead atoms. The Bertz CT molecular complexity index is 849. The van der Waals surface area contributed by atoms with Crippen LogP contribution in [-0.2, 0) is 6.42 Å². The lowest BCUT2D eigenvalue weighted by molar-refractivity contribution is 0.145. The van der Waals surface area contributed by atoms with Crippen molar-refractivity contribution in [3.8, 4) is 0 Å². The summed E-state index contributed by atoms with van der Waals surface area (Å²) in [6, 6.07) is 1.95. The zero-order chi connectivity index (χ0) is 20.4. The summed E-state index contributed by atoms with van der Waals surface area (Å²) in [7, 11) is 0. The molecule has 1 aliphatic carbocycles. The molecule has 1 unspecified atom stereocenters. The Balaban J connectivity index is 1.58. The second kappa shape index (κ2) is 8.10. The van der Waals surface area contributed by atoms with Gasteiger partial charge >= 0.3 is 0 Å². The van der Waals surface area contributed by atoms with E-state index in [2.05, 4.69) is 44.3 Å². The van der Waals surface area contributed by atoms with Crippen molar-refractivity contribution >= 4 is 17.7 Å². The number of rotatable bonds is 5. The summed E-state index contributed by atoms with van der Waals surface area (Å²) < 4.78 is 0. The van der Waals surface area contributed by atoms with E-state index in [1.807, 2.05) is 19.2 Å². The largest absolute Gasteiger partial charge is 0.393 e. The minimum atomic E-state index is -0.200. The van der Waals surface area contributed by atoms with E-state index in [9.17, 15) is 5.11 Å². The van der Waals surface area contributed by atoms with E-state index < -0.39 is 0 Å². The first-order chi connectivity index (χ1) is 13.9. The molecular weight excluding hydrogens is 366 g/mol. The monoisotopic (exact) mass is 397 g/mol. The number of piperidine rings is 1. The molecule has 8 heteroatoms. The summed E-state index contributed by atoms with van der Waals surface area (Å²) in [6.45, 7) is 9.03. The maximum Gasteiger partial charge on any atom is 0.225 e. The van der Waals surface area contributed by atoms with Crippen LogP contribution in [0.1, 0.15) is 57.3 Å². The van der Waals surface area contributed by atoms with Crippen LogP contribution in [0.2, 0.25) is 0 Å². The molecule has 156 valence electrons. The van der Waals surface area contributed by atoms with Crippen LogP contribution in [0.3, 0.4) is 0 Å². The van der Waals surface area contributed by atoms with Crippen LogP contribution >= 0.6 is 0 Å². The number of hydrogen-bond donors (Lipinski definition) is 3. The molecular formula is C21H31N7O. The average Bonchev–Trinajstić information content (AvgIpc) is 2.68. The third-order valence-corrected chi connectivity index (χ3v) is 5.73. The number of aliphatic hydroxyl groups excluding tert-OH is 1. The average molecular weight is 398 g/mol. The summed E-state index contributed by atoms with van der Waals surface area (Å²) in [5, 5.41) is 16.5. The van der Waals surface area contributed by atoms with E-state index in [0.29, 0.717) is 5.95 Å². The Hall–Kier alpha value is -2.48. The quantitative estimate of drug-likeness (QED) is 0.708. The molecule has 2 aromatic rings. The van der Waals surface area contributed by atoms with Gasteiger partial charge in [-0.2, -0.15) is 4.98 Å². The predicted molar refractivity (Wildman–Crippen MR) is 114 cm³/mol. The van der Waals surface area contributed by atoms with Crippen molar-refractivity contribution in [3.63, 3.8) is 0 Å². The van der Waals surface area contributed by atoms with Crippen LogP contribution in [0, 0.1) is 5.41 Å². The van der Waals surface area contributed by atoms with E-state index in [0.717, 1.165) is 68.3 Å². The fourth-order valence-electron chi connectivity index (χ4n) is 4.25. The predicted octanol–water partition coefficient (Wildman–Crippen LogP) is 2.79. The second-order valence-electron chi connectivity index (χ2n) is 8.83. The van der Waals surface area contributed by atoms with Gasteiger partial charge in [-0.15, -0.1) is 0 Å². The Morgan fingerprint density at radius 2 is 2.00 bits per heavy atom. The minimum Gasteiger partial charge on any atom is -0.393 e. The van der Waals surface area contributed by atoms with Crippen molar-refractivity contribution in [3.05, 3.63) is 29.7 Å². The number of nitrogens with zero attached hydrogens (tertiary/aromatic N) is 5. The lowest BCUT2D eigenvalue weighted by atomic mass is 9.74. The highest BCUT2D eigenvalue weighted by atomic mass is 16.3. The molecule has 0 saturated carbocycles. The first kappa shape index (κ1) is 19.8.